The van der Waals surface area contributed by atoms with E-state index < -0.39 is 0 Å². The lowest BCUT2D eigenvalue weighted by Crippen LogP contribution is -2.10. The minimum absolute atomic E-state index is 0.321. The van der Waals surface area contributed by atoms with Gasteiger partial charge in [0, 0.05) is 11.6 Å². The van der Waals surface area contributed by atoms with Gasteiger partial charge in [0.05, 0.1) is 0 Å². The fourth-order valence-corrected chi connectivity index (χ4v) is 1.97. The molecule has 0 radical (unpaired) electrons. The summed E-state index contributed by atoms with van der Waals surface area (Å²) >= 11 is 0. The SMILES string of the molecule is Cc1nnc(C(C)CCN)n1-c1ccccc1. The molecule has 0 aliphatic rings. The topological polar surface area (TPSA) is 56.7 Å². The molecule has 0 amide bonds. The first-order valence-electron chi connectivity index (χ1n) is 5.91. The molecule has 0 saturated heterocycles. The van der Waals surface area contributed by atoms with Crippen LogP contribution in [0.2, 0.25) is 0 Å². The van der Waals surface area contributed by atoms with Gasteiger partial charge < -0.3 is 5.73 Å². The van der Waals surface area contributed by atoms with Crippen LogP contribution in [-0.4, -0.2) is 21.3 Å². The molecule has 2 aromatic rings. The first-order valence-corrected chi connectivity index (χ1v) is 5.91. The van der Waals surface area contributed by atoms with Gasteiger partial charge in [-0.05, 0) is 32.0 Å². The van der Waals surface area contributed by atoms with Crippen molar-refractivity contribution in [1.29, 1.82) is 0 Å². The summed E-state index contributed by atoms with van der Waals surface area (Å²) in [5.74, 6) is 2.22. The summed E-state index contributed by atoms with van der Waals surface area (Å²) in [4.78, 5) is 0. The van der Waals surface area contributed by atoms with E-state index in [1.165, 1.54) is 0 Å². The lowest BCUT2D eigenvalue weighted by Gasteiger charge is -2.13. The van der Waals surface area contributed by atoms with Crippen molar-refractivity contribution < 1.29 is 0 Å². The molecule has 2 N–H and O–H groups in total. The van der Waals surface area contributed by atoms with E-state index >= 15 is 0 Å². The number of aromatic nitrogens is 3. The van der Waals surface area contributed by atoms with Crippen LogP contribution in [0, 0.1) is 6.92 Å². The van der Waals surface area contributed by atoms with Gasteiger partial charge in [-0.3, -0.25) is 4.57 Å². The average Bonchev–Trinajstić information content (AvgIpc) is 2.73. The Kier molecular flexibility index (Phi) is 3.54. The molecule has 1 atom stereocenters. The lowest BCUT2D eigenvalue weighted by molar-refractivity contribution is 0.631. The van der Waals surface area contributed by atoms with E-state index in [1.807, 2.05) is 25.1 Å². The minimum atomic E-state index is 0.321. The van der Waals surface area contributed by atoms with Gasteiger partial charge in [-0.25, -0.2) is 0 Å². The molecule has 17 heavy (non-hydrogen) atoms. The number of para-hydroxylation sites is 1. The van der Waals surface area contributed by atoms with Crippen molar-refractivity contribution in [2.75, 3.05) is 6.54 Å². The van der Waals surface area contributed by atoms with Crippen molar-refractivity contribution in [3.05, 3.63) is 42.0 Å². The average molecular weight is 230 g/mol. The standard InChI is InChI=1S/C13H18N4/c1-10(8-9-14)13-16-15-11(2)17(13)12-6-4-3-5-7-12/h3-7,10H,8-9,14H2,1-2H3. The monoisotopic (exact) mass is 230 g/mol. The third-order valence-corrected chi connectivity index (χ3v) is 2.90. The molecule has 1 unspecified atom stereocenters. The molecule has 4 heteroatoms. The van der Waals surface area contributed by atoms with Crippen LogP contribution in [0.15, 0.2) is 30.3 Å². The number of hydrogen-bond donors (Lipinski definition) is 1. The van der Waals surface area contributed by atoms with Crippen molar-refractivity contribution in [3.63, 3.8) is 0 Å². The van der Waals surface area contributed by atoms with Crippen LogP contribution in [0.1, 0.15) is 30.9 Å². The van der Waals surface area contributed by atoms with Gasteiger partial charge >= 0.3 is 0 Å². The molecule has 0 spiro atoms. The Balaban J connectivity index is 2.43. The summed E-state index contributed by atoms with van der Waals surface area (Å²) in [5, 5.41) is 8.44. The number of benzene rings is 1. The highest BCUT2D eigenvalue weighted by atomic mass is 15.3. The van der Waals surface area contributed by atoms with Crippen LogP contribution in [0.4, 0.5) is 0 Å². The predicted octanol–water partition coefficient (Wildman–Crippen LogP) is 2.03. The molecule has 0 saturated carbocycles. The van der Waals surface area contributed by atoms with E-state index in [0.717, 1.165) is 23.8 Å². The first kappa shape index (κ1) is 11.8. The van der Waals surface area contributed by atoms with E-state index in [-0.39, 0.29) is 0 Å². The maximum Gasteiger partial charge on any atom is 0.140 e. The summed E-state index contributed by atoms with van der Waals surface area (Å²) < 4.78 is 2.10. The molecule has 90 valence electrons. The fraction of sp³-hybridized carbons (Fsp3) is 0.385. The second-order valence-corrected chi connectivity index (χ2v) is 4.25. The van der Waals surface area contributed by atoms with Crippen molar-refractivity contribution in [3.8, 4) is 5.69 Å². The highest BCUT2D eigenvalue weighted by Gasteiger charge is 2.16. The molecule has 1 heterocycles. The van der Waals surface area contributed by atoms with Gasteiger partial charge in [-0.15, -0.1) is 10.2 Å². The zero-order valence-electron chi connectivity index (χ0n) is 10.3. The molecular weight excluding hydrogens is 212 g/mol. The zero-order chi connectivity index (χ0) is 12.3. The highest BCUT2D eigenvalue weighted by Crippen LogP contribution is 2.21. The Morgan fingerprint density at radius 2 is 1.94 bits per heavy atom. The van der Waals surface area contributed by atoms with E-state index in [4.69, 9.17) is 5.73 Å². The van der Waals surface area contributed by atoms with Gasteiger partial charge in [0.2, 0.25) is 0 Å². The van der Waals surface area contributed by atoms with E-state index in [9.17, 15) is 0 Å². The molecule has 1 aromatic heterocycles. The number of aryl methyl sites for hydroxylation is 1. The Hall–Kier alpha value is -1.68. The second kappa shape index (κ2) is 5.10. The summed E-state index contributed by atoms with van der Waals surface area (Å²) in [7, 11) is 0. The Morgan fingerprint density at radius 1 is 1.24 bits per heavy atom. The maximum absolute atomic E-state index is 5.60. The number of rotatable bonds is 4. The zero-order valence-corrected chi connectivity index (χ0v) is 10.3. The Labute approximate surface area is 101 Å². The smallest absolute Gasteiger partial charge is 0.140 e. The van der Waals surface area contributed by atoms with E-state index in [1.54, 1.807) is 0 Å². The molecule has 0 aliphatic heterocycles. The number of nitrogens with two attached hydrogens (primary N) is 1. The van der Waals surface area contributed by atoms with Crippen LogP contribution >= 0.6 is 0 Å². The summed E-state index contributed by atoms with van der Waals surface area (Å²) in [5.41, 5.74) is 6.71. The van der Waals surface area contributed by atoms with Crippen LogP contribution in [0.3, 0.4) is 0 Å². The predicted molar refractivity (Wildman–Crippen MR) is 68.2 cm³/mol. The van der Waals surface area contributed by atoms with Crippen molar-refractivity contribution in [2.24, 2.45) is 5.73 Å². The van der Waals surface area contributed by atoms with Gasteiger partial charge in [-0.2, -0.15) is 0 Å². The molecule has 1 aromatic carbocycles. The first-order chi connectivity index (χ1) is 8.24. The Morgan fingerprint density at radius 3 is 2.59 bits per heavy atom. The van der Waals surface area contributed by atoms with Crippen LogP contribution in [0.25, 0.3) is 5.69 Å². The minimum Gasteiger partial charge on any atom is -0.330 e. The van der Waals surface area contributed by atoms with Crippen LogP contribution < -0.4 is 5.73 Å². The van der Waals surface area contributed by atoms with E-state index in [0.29, 0.717) is 12.5 Å². The van der Waals surface area contributed by atoms with Gasteiger partial charge in [0.1, 0.15) is 11.6 Å². The van der Waals surface area contributed by atoms with Crippen LogP contribution in [-0.2, 0) is 0 Å². The third-order valence-electron chi connectivity index (χ3n) is 2.90. The van der Waals surface area contributed by atoms with Gasteiger partial charge in [0.25, 0.3) is 0 Å². The molecule has 0 bridgehead atoms. The quantitative estimate of drug-likeness (QED) is 0.874. The van der Waals surface area contributed by atoms with Crippen LogP contribution in [0.5, 0.6) is 0 Å². The Bertz CT molecular complexity index is 475. The molecule has 2 rings (SSSR count). The molecular formula is C13H18N4. The summed E-state index contributed by atoms with van der Waals surface area (Å²) in [6, 6.07) is 10.2. The maximum atomic E-state index is 5.60. The van der Waals surface area contributed by atoms with Crippen molar-refractivity contribution in [2.45, 2.75) is 26.2 Å². The number of nitrogens with zero attached hydrogens (tertiary/aromatic N) is 3. The van der Waals surface area contributed by atoms with Crippen molar-refractivity contribution in [1.82, 2.24) is 14.8 Å². The van der Waals surface area contributed by atoms with Gasteiger partial charge in [0.15, 0.2) is 0 Å². The van der Waals surface area contributed by atoms with Crippen molar-refractivity contribution >= 4 is 0 Å². The lowest BCUT2D eigenvalue weighted by atomic mass is 10.1. The normalized spacial score (nSPS) is 12.6. The second-order valence-electron chi connectivity index (χ2n) is 4.25. The highest BCUT2D eigenvalue weighted by molar-refractivity contribution is 5.34. The molecule has 0 aliphatic carbocycles. The molecule has 0 fully saturated rings. The molecule has 4 nitrogen and oxygen atoms in total. The largest absolute Gasteiger partial charge is 0.330 e. The third kappa shape index (κ3) is 2.36. The van der Waals surface area contributed by atoms with E-state index in [2.05, 4.69) is 33.8 Å². The fourth-order valence-electron chi connectivity index (χ4n) is 1.97. The summed E-state index contributed by atoms with van der Waals surface area (Å²) in [6.45, 7) is 4.77. The summed E-state index contributed by atoms with van der Waals surface area (Å²) in [6.07, 6.45) is 0.922. The number of hydrogen-bond acceptors (Lipinski definition) is 3. The van der Waals surface area contributed by atoms with Gasteiger partial charge in [-0.1, -0.05) is 25.1 Å².